The van der Waals surface area contributed by atoms with Crippen molar-refractivity contribution in [2.24, 2.45) is 0 Å². The van der Waals surface area contributed by atoms with Crippen LogP contribution in [-0.2, 0) is 21.7 Å². The Hall–Kier alpha value is -2.13. The third-order valence-corrected chi connectivity index (χ3v) is 6.03. The van der Waals surface area contributed by atoms with E-state index >= 15 is 0 Å². The Morgan fingerprint density at radius 2 is 1.85 bits per heavy atom. The van der Waals surface area contributed by atoms with E-state index in [2.05, 4.69) is 54.6 Å². The number of rotatable bonds is 6. The molecule has 1 unspecified atom stereocenters. The fourth-order valence-electron chi connectivity index (χ4n) is 4.40. The highest BCUT2D eigenvalue weighted by molar-refractivity contribution is 5.69. The molecular weight excluding hydrogens is 334 g/mol. The first-order valence-electron chi connectivity index (χ1n) is 10.4. The summed E-state index contributed by atoms with van der Waals surface area (Å²) in [6, 6.07) is 19.5. The van der Waals surface area contributed by atoms with Crippen molar-refractivity contribution in [3.8, 4) is 0 Å². The first-order valence-corrected chi connectivity index (χ1v) is 10.4. The molecular formula is C24H30NO2+. The molecule has 0 aromatic heterocycles. The van der Waals surface area contributed by atoms with E-state index in [-0.39, 0.29) is 5.97 Å². The van der Waals surface area contributed by atoms with Crippen LogP contribution in [0.1, 0.15) is 61.6 Å². The number of esters is 1. The Labute approximate surface area is 162 Å². The Balaban J connectivity index is 1.58. The molecule has 3 heteroatoms. The molecule has 1 aliphatic carbocycles. The number of ether oxygens (including phenoxy) is 1. The third kappa shape index (κ3) is 4.24. The molecule has 1 heterocycles. The van der Waals surface area contributed by atoms with Gasteiger partial charge in [0.15, 0.2) is 5.60 Å². The van der Waals surface area contributed by atoms with Gasteiger partial charge in [-0.05, 0) is 24.3 Å². The molecule has 2 aromatic rings. The van der Waals surface area contributed by atoms with Crippen molar-refractivity contribution < 1.29 is 14.4 Å². The van der Waals surface area contributed by atoms with Crippen molar-refractivity contribution in [3.05, 3.63) is 71.3 Å². The van der Waals surface area contributed by atoms with Crippen molar-refractivity contribution in [2.75, 3.05) is 13.1 Å². The van der Waals surface area contributed by atoms with Crippen molar-refractivity contribution in [1.29, 1.82) is 0 Å². The number of nitrogens with one attached hydrogen (secondary N) is 1. The molecule has 2 aliphatic rings. The number of likely N-dealkylation sites (tertiary alicyclic amines) is 1. The average molecular weight is 365 g/mol. The largest absolute Gasteiger partial charge is 0.448 e. The second kappa shape index (κ2) is 7.85. The molecule has 0 amide bonds. The van der Waals surface area contributed by atoms with Gasteiger partial charge in [-0.15, -0.1) is 0 Å². The van der Waals surface area contributed by atoms with Gasteiger partial charge in [-0.1, -0.05) is 61.5 Å². The minimum absolute atomic E-state index is 0.0952. The van der Waals surface area contributed by atoms with Gasteiger partial charge in [-0.3, -0.25) is 4.79 Å². The molecule has 142 valence electrons. The lowest BCUT2D eigenvalue weighted by molar-refractivity contribution is -0.926. The molecule has 1 saturated heterocycles. The monoisotopic (exact) mass is 364 g/mol. The highest BCUT2D eigenvalue weighted by atomic mass is 16.6. The van der Waals surface area contributed by atoms with E-state index in [1.165, 1.54) is 34.4 Å². The van der Waals surface area contributed by atoms with Crippen molar-refractivity contribution >= 4 is 5.97 Å². The fraction of sp³-hybridized carbons (Fsp3) is 0.458. The minimum Gasteiger partial charge on any atom is -0.448 e. The van der Waals surface area contributed by atoms with Crippen molar-refractivity contribution in [3.63, 3.8) is 0 Å². The van der Waals surface area contributed by atoms with Gasteiger partial charge >= 0.3 is 5.97 Å². The predicted molar refractivity (Wildman–Crippen MR) is 107 cm³/mol. The van der Waals surface area contributed by atoms with Crippen LogP contribution in [0.4, 0.5) is 0 Å². The summed E-state index contributed by atoms with van der Waals surface area (Å²) in [5.41, 5.74) is 3.45. The lowest BCUT2D eigenvalue weighted by Gasteiger charge is -2.40. The zero-order valence-electron chi connectivity index (χ0n) is 16.2. The van der Waals surface area contributed by atoms with E-state index in [9.17, 15) is 4.79 Å². The van der Waals surface area contributed by atoms with Crippen LogP contribution in [0, 0.1) is 0 Å². The molecule has 0 radical (unpaired) electrons. The summed E-state index contributed by atoms with van der Waals surface area (Å²) < 4.78 is 6.14. The summed E-state index contributed by atoms with van der Waals surface area (Å²) in [6.45, 7) is 4.83. The van der Waals surface area contributed by atoms with E-state index < -0.39 is 5.60 Å². The molecule has 4 rings (SSSR count). The maximum absolute atomic E-state index is 12.3. The van der Waals surface area contributed by atoms with Crippen LogP contribution in [0.25, 0.3) is 0 Å². The summed E-state index contributed by atoms with van der Waals surface area (Å²) >= 11 is 0. The maximum atomic E-state index is 12.3. The van der Waals surface area contributed by atoms with Crippen molar-refractivity contribution in [1.82, 2.24) is 0 Å². The van der Waals surface area contributed by atoms with Crippen LogP contribution in [0.2, 0.25) is 0 Å². The number of hydrogen-bond donors (Lipinski definition) is 1. The van der Waals surface area contributed by atoms with E-state index in [1.54, 1.807) is 0 Å². The second-order valence-corrected chi connectivity index (χ2v) is 8.16. The normalized spacial score (nSPS) is 25.1. The summed E-state index contributed by atoms with van der Waals surface area (Å²) in [7, 11) is 0. The van der Waals surface area contributed by atoms with Crippen molar-refractivity contribution in [2.45, 2.75) is 57.1 Å². The van der Waals surface area contributed by atoms with Gasteiger partial charge in [-0.25, -0.2) is 0 Å². The molecule has 1 N–H and O–H groups in total. The zero-order chi connectivity index (χ0) is 18.7. The zero-order valence-corrected chi connectivity index (χ0v) is 16.2. The molecule has 2 aromatic carbocycles. The highest BCUT2D eigenvalue weighted by Gasteiger charge is 2.43. The highest BCUT2D eigenvalue weighted by Crippen LogP contribution is 2.41. The van der Waals surface area contributed by atoms with E-state index in [1.807, 2.05) is 6.92 Å². The van der Waals surface area contributed by atoms with Gasteiger partial charge in [0.2, 0.25) is 0 Å². The number of carbonyl (C=O) groups is 1. The molecule has 0 spiro atoms. The quantitative estimate of drug-likeness (QED) is 0.794. The SMILES string of the molecule is CCC(=O)O[C@]1(c2ccc(C3CC3)cc2)CCC[NH+](Cc2ccccc2)C1. The average Bonchev–Trinajstić information content (AvgIpc) is 3.54. The Kier molecular flexibility index (Phi) is 5.31. The first-order chi connectivity index (χ1) is 13.2. The molecule has 2 atom stereocenters. The number of hydrogen-bond acceptors (Lipinski definition) is 2. The van der Waals surface area contributed by atoms with Gasteiger partial charge < -0.3 is 9.64 Å². The van der Waals surface area contributed by atoms with Crippen LogP contribution >= 0.6 is 0 Å². The maximum Gasteiger partial charge on any atom is 0.306 e. The first kappa shape index (κ1) is 18.2. The Morgan fingerprint density at radius 3 is 2.52 bits per heavy atom. The summed E-state index contributed by atoms with van der Waals surface area (Å²) in [6.07, 6.45) is 5.04. The van der Waals surface area contributed by atoms with Crippen LogP contribution in [0.5, 0.6) is 0 Å². The van der Waals surface area contributed by atoms with Crippen LogP contribution in [0.15, 0.2) is 54.6 Å². The minimum atomic E-state index is -0.489. The number of carbonyl (C=O) groups excluding carboxylic acids is 1. The standard InChI is InChI=1S/C24H29NO2/c1-2-23(26)27-24(22-13-11-21(12-14-22)20-9-10-20)15-6-16-25(18-24)17-19-7-4-3-5-8-19/h3-5,7-8,11-14,20H,2,6,9-10,15-18H2,1H3/p+1/t24-/m1/s1. The molecule has 0 bridgehead atoms. The van der Waals surface area contributed by atoms with Gasteiger partial charge in [0.1, 0.15) is 13.1 Å². The number of benzene rings is 2. The molecule has 3 nitrogen and oxygen atoms in total. The molecule has 1 saturated carbocycles. The van der Waals surface area contributed by atoms with Gasteiger partial charge in [0.25, 0.3) is 0 Å². The Bertz CT molecular complexity index is 767. The summed E-state index contributed by atoms with van der Waals surface area (Å²) in [5.74, 6) is 0.655. The third-order valence-electron chi connectivity index (χ3n) is 6.03. The molecule has 1 aliphatic heterocycles. The van der Waals surface area contributed by atoms with Crippen LogP contribution in [0.3, 0.4) is 0 Å². The Morgan fingerprint density at radius 1 is 1.11 bits per heavy atom. The lowest BCUT2D eigenvalue weighted by atomic mass is 9.84. The van der Waals surface area contributed by atoms with E-state index in [0.29, 0.717) is 6.42 Å². The van der Waals surface area contributed by atoms with E-state index in [0.717, 1.165) is 38.4 Å². The van der Waals surface area contributed by atoms with Crippen LogP contribution < -0.4 is 4.90 Å². The summed E-state index contributed by atoms with van der Waals surface area (Å²) in [4.78, 5) is 13.8. The number of quaternary nitrogens is 1. The topological polar surface area (TPSA) is 30.7 Å². The van der Waals surface area contributed by atoms with E-state index in [4.69, 9.17) is 4.74 Å². The second-order valence-electron chi connectivity index (χ2n) is 8.16. The predicted octanol–water partition coefficient (Wildman–Crippen LogP) is 3.59. The number of piperidine rings is 1. The van der Waals surface area contributed by atoms with Crippen LogP contribution in [-0.4, -0.2) is 19.1 Å². The smallest absolute Gasteiger partial charge is 0.306 e. The molecule has 2 fully saturated rings. The summed E-state index contributed by atoms with van der Waals surface area (Å²) in [5, 5.41) is 0. The fourth-order valence-corrected chi connectivity index (χ4v) is 4.40. The lowest BCUT2D eigenvalue weighted by Crippen LogP contribution is -3.13. The van der Waals surface area contributed by atoms with Gasteiger partial charge in [-0.2, -0.15) is 0 Å². The van der Waals surface area contributed by atoms with Gasteiger partial charge in [0.05, 0.1) is 6.54 Å². The van der Waals surface area contributed by atoms with Gasteiger partial charge in [0, 0.05) is 30.4 Å². The molecule has 27 heavy (non-hydrogen) atoms.